The Bertz CT molecular complexity index is 273. The number of nitrogens with one attached hydrogen (secondary N) is 1. The Morgan fingerprint density at radius 3 is 2.30 bits per heavy atom. The third-order valence-electron chi connectivity index (χ3n) is 4.63. The van der Waals surface area contributed by atoms with E-state index in [0.29, 0.717) is 6.54 Å². The van der Waals surface area contributed by atoms with Crippen LogP contribution in [0.5, 0.6) is 0 Å². The van der Waals surface area contributed by atoms with Gasteiger partial charge in [0.15, 0.2) is 0 Å². The lowest BCUT2D eigenvalue weighted by Gasteiger charge is -2.30. The monoisotopic (exact) mass is 283 g/mol. The number of hydrogen-bond donors (Lipinski definition) is 2. The van der Waals surface area contributed by atoms with E-state index in [-0.39, 0.29) is 11.3 Å². The highest BCUT2D eigenvalue weighted by Gasteiger charge is 2.36. The highest BCUT2D eigenvalue weighted by Crippen LogP contribution is 2.34. The van der Waals surface area contributed by atoms with Crippen LogP contribution in [0.25, 0.3) is 0 Å². The molecule has 1 rings (SSSR count). The quantitative estimate of drug-likeness (QED) is 0.671. The summed E-state index contributed by atoms with van der Waals surface area (Å²) >= 11 is 0. The van der Waals surface area contributed by atoms with Crippen LogP contribution in [0.15, 0.2) is 0 Å². The van der Waals surface area contributed by atoms with Crippen molar-refractivity contribution in [3.63, 3.8) is 0 Å². The first kappa shape index (κ1) is 17.4. The summed E-state index contributed by atoms with van der Waals surface area (Å²) in [4.78, 5) is 14.9. The maximum absolute atomic E-state index is 12.5. The predicted octanol–water partition coefficient (Wildman–Crippen LogP) is 2.13. The molecule has 0 aromatic carbocycles. The lowest BCUT2D eigenvalue weighted by Crippen LogP contribution is -2.47. The summed E-state index contributed by atoms with van der Waals surface area (Å²) in [5.41, 5.74) is 5.65. The number of hydrogen-bond acceptors (Lipinski definition) is 3. The highest BCUT2D eigenvalue weighted by atomic mass is 16.2. The van der Waals surface area contributed by atoms with Gasteiger partial charge in [-0.2, -0.15) is 0 Å². The fourth-order valence-electron chi connectivity index (χ4n) is 3.19. The van der Waals surface area contributed by atoms with E-state index < -0.39 is 0 Å². The fourth-order valence-corrected chi connectivity index (χ4v) is 3.19. The largest absolute Gasteiger partial charge is 0.354 e. The third-order valence-corrected chi connectivity index (χ3v) is 4.63. The van der Waals surface area contributed by atoms with Gasteiger partial charge < -0.3 is 16.0 Å². The normalized spacial score (nSPS) is 18.8. The molecule has 0 bridgehead atoms. The zero-order chi connectivity index (χ0) is 14.8. The van der Waals surface area contributed by atoms with Crippen LogP contribution in [0.3, 0.4) is 0 Å². The van der Waals surface area contributed by atoms with Gasteiger partial charge in [0.2, 0.25) is 5.91 Å². The average Bonchev–Trinajstić information content (AvgIpc) is 2.72. The molecule has 0 aromatic rings. The van der Waals surface area contributed by atoms with Crippen LogP contribution >= 0.6 is 0 Å². The molecule has 0 spiro atoms. The summed E-state index contributed by atoms with van der Waals surface area (Å²) in [5, 5.41) is 3.13. The Morgan fingerprint density at radius 1 is 1.15 bits per heavy atom. The number of amides is 1. The van der Waals surface area contributed by atoms with Crippen molar-refractivity contribution >= 4 is 5.91 Å². The molecule has 0 aromatic heterocycles. The van der Waals surface area contributed by atoms with Gasteiger partial charge in [0.05, 0.1) is 5.41 Å². The van der Waals surface area contributed by atoms with Crippen molar-refractivity contribution in [2.75, 3.05) is 32.7 Å². The van der Waals surface area contributed by atoms with Crippen LogP contribution < -0.4 is 11.1 Å². The number of carbonyl (C=O) groups is 1. The second kappa shape index (κ2) is 9.35. The smallest absolute Gasteiger partial charge is 0.227 e. The van der Waals surface area contributed by atoms with E-state index in [1.165, 1.54) is 12.8 Å². The van der Waals surface area contributed by atoms with Gasteiger partial charge in [0, 0.05) is 19.6 Å². The third kappa shape index (κ3) is 5.06. The molecule has 1 aliphatic carbocycles. The van der Waals surface area contributed by atoms with Gasteiger partial charge in [0.25, 0.3) is 0 Å². The lowest BCUT2D eigenvalue weighted by atomic mass is 9.79. The second-order valence-corrected chi connectivity index (χ2v) is 6.09. The average molecular weight is 283 g/mol. The molecule has 0 aliphatic heterocycles. The number of likely N-dealkylation sites (N-methyl/N-ethyl adjacent to an activating group) is 1. The van der Waals surface area contributed by atoms with Gasteiger partial charge in [-0.25, -0.2) is 0 Å². The van der Waals surface area contributed by atoms with Gasteiger partial charge in [-0.05, 0) is 32.4 Å². The molecule has 3 N–H and O–H groups in total. The molecule has 4 heteroatoms. The van der Waals surface area contributed by atoms with Crippen LogP contribution in [-0.2, 0) is 4.79 Å². The zero-order valence-corrected chi connectivity index (χ0v) is 13.4. The fraction of sp³-hybridized carbons (Fsp3) is 0.938. The van der Waals surface area contributed by atoms with Crippen LogP contribution in [0.1, 0.15) is 58.8 Å². The summed E-state index contributed by atoms with van der Waals surface area (Å²) in [7, 11) is 0. The Balaban J connectivity index is 2.42. The van der Waals surface area contributed by atoms with E-state index in [1.807, 2.05) is 0 Å². The van der Waals surface area contributed by atoms with Crippen LogP contribution in [0.4, 0.5) is 0 Å². The summed E-state index contributed by atoms with van der Waals surface area (Å²) in [6, 6.07) is 0. The summed E-state index contributed by atoms with van der Waals surface area (Å²) in [6.45, 7) is 8.69. The van der Waals surface area contributed by atoms with E-state index in [1.54, 1.807) is 0 Å². The number of nitrogens with two attached hydrogens (primary N) is 1. The molecule has 1 saturated carbocycles. The molecule has 0 unspecified atom stereocenters. The Hall–Kier alpha value is -0.610. The molecular weight excluding hydrogens is 250 g/mol. The molecular formula is C16H33N3O. The molecule has 0 radical (unpaired) electrons. The molecule has 118 valence electrons. The standard InChI is InChI=1S/C16H33N3O/c1-3-12-19(4-2)13-11-18-15(20)16(14-17)9-7-5-6-8-10-16/h3-14,17H2,1-2H3,(H,18,20). The van der Waals surface area contributed by atoms with Gasteiger partial charge in [-0.1, -0.05) is 39.5 Å². The molecule has 4 nitrogen and oxygen atoms in total. The Kier molecular flexibility index (Phi) is 8.15. The van der Waals surface area contributed by atoms with E-state index >= 15 is 0 Å². The predicted molar refractivity (Wildman–Crippen MR) is 84.6 cm³/mol. The second-order valence-electron chi connectivity index (χ2n) is 6.09. The Morgan fingerprint density at radius 2 is 1.80 bits per heavy atom. The zero-order valence-electron chi connectivity index (χ0n) is 13.4. The summed E-state index contributed by atoms with van der Waals surface area (Å²) in [5.74, 6) is 0.189. The van der Waals surface area contributed by atoms with Gasteiger partial charge in [0.1, 0.15) is 0 Å². The van der Waals surface area contributed by atoms with Crippen molar-refractivity contribution in [1.82, 2.24) is 10.2 Å². The van der Waals surface area contributed by atoms with E-state index in [9.17, 15) is 4.79 Å². The van der Waals surface area contributed by atoms with Gasteiger partial charge in [-0.15, -0.1) is 0 Å². The number of nitrogens with zero attached hydrogens (tertiary/aromatic N) is 1. The minimum absolute atomic E-state index is 0.189. The highest BCUT2D eigenvalue weighted by molar-refractivity contribution is 5.82. The Labute approximate surface area is 124 Å². The van der Waals surface area contributed by atoms with Gasteiger partial charge >= 0.3 is 0 Å². The molecule has 0 atom stereocenters. The first-order chi connectivity index (χ1) is 9.68. The van der Waals surface area contributed by atoms with Crippen molar-refractivity contribution in [1.29, 1.82) is 0 Å². The van der Waals surface area contributed by atoms with Crippen molar-refractivity contribution in [2.45, 2.75) is 58.8 Å². The molecule has 1 fully saturated rings. The maximum atomic E-state index is 12.5. The van der Waals surface area contributed by atoms with Crippen molar-refractivity contribution < 1.29 is 4.79 Å². The first-order valence-corrected chi connectivity index (χ1v) is 8.39. The van der Waals surface area contributed by atoms with Gasteiger partial charge in [-0.3, -0.25) is 4.79 Å². The van der Waals surface area contributed by atoms with Crippen LogP contribution in [-0.4, -0.2) is 43.5 Å². The minimum atomic E-state index is -0.293. The minimum Gasteiger partial charge on any atom is -0.354 e. The lowest BCUT2D eigenvalue weighted by molar-refractivity contribution is -0.131. The summed E-state index contributed by atoms with van der Waals surface area (Å²) < 4.78 is 0. The van der Waals surface area contributed by atoms with Crippen LogP contribution in [0, 0.1) is 5.41 Å². The van der Waals surface area contributed by atoms with Crippen molar-refractivity contribution in [3.8, 4) is 0 Å². The van der Waals surface area contributed by atoms with E-state index in [0.717, 1.165) is 58.3 Å². The van der Waals surface area contributed by atoms with E-state index in [2.05, 4.69) is 24.1 Å². The topological polar surface area (TPSA) is 58.4 Å². The molecule has 20 heavy (non-hydrogen) atoms. The van der Waals surface area contributed by atoms with Crippen molar-refractivity contribution in [3.05, 3.63) is 0 Å². The van der Waals surface area contributed by atoms with Crippen molar-refractivity contribution in [2.24, 2.45) is 11.1 Å². The van der Waals surface area contributed by atoms with E-state index in [4.69, 9.17) is 5.73 Å². The molecule has 0 saturated heterocycles. The maximum Gasteiger partial charge on any atom is 0.227 e. The number of rotatable bonds is 8. The first-order valence-electron chi connectivity index (χ1n) is 8.39. The molecule has 1 amide bonds. The summed E-state index contributed by atoms with van der Waals surface area (Å²) in [6.07, 6.45) is 7.85. The molecule has 1 aliphatic rings. The number of carbonyl (C=O) groups excluding carboxylic acids is 1. The SMILES string of the molecule is CCCN(CC)CCNC(=O)C1(CN)CCCCCC1. The molecule has 0 heterocycles. The van der Waals surface area contributed by atoms with Crippen LogP contribution in [0.2, 0.25) is 0 Å².